The minimum Gasteiger partial charge on any atom is -0.163 e. The number of rotatable bonds is 2. The van der Waals surface area contributed by atoms with E-state index in [-0.39, 0.29) is 0 Å². The standard InChI is InChI=1S/C7H7N5/c1-6-2-4-7(5-3-6)9-11-12-10-8/h2-5H,1H3. The van der Waals surface area contributed by atoms with E-state index >= 15 is 0 Å². The summed E-state index contributed by atoms with van der Waals surface area (Å²) in [5, 5.41) is 9.79. The van der Waals surface area contributed by atoms with E-state index in [9.17, 15) is 0 Å². The Labute approximate surface area is 69.3 Å². The lowest BCUT2D eigenvalue weighted by molar-refractivity contribution is 1.04. The zero-order valence-corrected chi connectivity index (χ0v) is 6.55. The summed E-state index contributed by atoms with van der Waals surface area (Å²) in [5.74, 6) is 0. The molecule has 0 fully saturated rings. The minimum atomic E-state index is 0.674. The summed E-state index contributed by atoms with van der Waals surface area (Å²) in [4.78, 5) is 2.43. The van der Waals surface area contributed by atoms with Gasteiger partial charge >= 0.3 is 0 Å². The van der Waals surface area contributed by atoms with Gasteiger partial charge in [0, 0.05) is 0 Å². The molecule has 12 heavy (non-hydrogen) atoms. The summed E-state index contributed by atoms with van der Waals surface area (Å²) in [5.41, 5.74) is 9.72. The van der Waals surface area contributed by atoms with Crippen molar-refractivity contribution in [1.82, 2.24) is 0 Å². The van der Waals surface area contributed by atoms with Gasteiger partial charge in [-0.05, 0) is 24.2 Å². The van der Waals surface area contributed by atoms with E-state index in [4.69, 9.17) is 5.53 Å². The Kier molecular flexibility index (Phi) is 2.81. The molecule has 0 radical (unpaired) electrons. The molecule has 60 valence electrons. The van der Waals surface area contributed by atoms with Gasteiger partial charge < -0.3 is 0 Å². The number of hydrogen-bond donors (Lipinski definition) is 0. The molecular formula is C7H7N5. The van der Waals surface area contributed by atoms with Crippen LogP contribution in [0.3, 0.4) is 0 Å². The van der Waals surface area contributed by atoms with Crippen molar-refractivity contribution in [3.63, 3.8) is 0 Å². The molecule has 0 heterocycles. The molecule has 0 aliphatic carbocycles. The second-order valence-corrected chi connectivity index (χ2v) is 2.20. The molecule has 0 atom stereocenters. The minimum absolute atomic E-state index is 0.674. The monoisotopic (exact) mass is 161 g/mol. The lowest BCUT2D eigenvalue weighted by Crippen LogP contribution is -1.67. The van der Waals surface area contributed by atoms with Crippen LogP contribution in [0.4, 0.5) is 5.69 Å². The zero-order valence-electron chi connectivity index (χ0n) is 6.55. The fourth-order valence-corrected chi connectivity index (χ4v) is 0.701. The number of azide groups is 1. The van der Waals surface area contributed by atoms with E-state index in [1.807, 2.05) is 19.1 Å². The van der Waals surface area contributed by atoms with Crippen molar-refractivity contribution in [2.45, 2.75) is 6.92 Å². The Bertz CT molecular complexity index is 320. The van der Waals surface area contributed by atoms with Gasteiger partial charge in [0.2, 0.25) is 0 Å². The topological polar surface area (TPSA) is 73.5 Å². The van der Waals surface area contributed by atoms with Gasteiger partial charge in [-0.15, -0.1) is 5.53 Å². The van der Waals surface area contributed by atoms with Gasteiger partial charge in [-0.1, -0.05) is 17.7 Å². The molecule has 1 aromatic carbocycles. The molecule has 1 aromatic rings. The first-order valence-electron chi connectivity index (χ1n) is 3.34. The molecule has 0 N–H and O–H groups in total. The predicted molar refractivity (Wildman–Crippen MR) is 44.8 cm³/mol. The Morgan fingerprint density at radius 2 is 1.92 bits per heavy atom. The number of hydrogen-bond acceptors (Lipinski definition) is 1. The summed E-state index contributed by atoms with van der Waals surface area (Å²) in [6.07, 6.45) is 0. The average Bonchev–Trinajstić information content (AvgIpc) is 2.09. The van der Waals surface area contributed by atoms with Crippen molar-refractivity contribution in [1.29, 1.82) is 0 Å². The molecule has 0 aliphatic rings. The Hall–Kier alpha value is -1.87. The fourth-order valence-electron chi connectivity index (χ4n) is 0.701. The first-order valence-corrected chi connectivity index (χ1v) is 3.34. The van der Waals surface area contributed by atoms with Crippen LogP contribution in [0.15, 0.2) is 39.8 Å². The van der Waals surface area contributed by atoms with E-state index in [1.54, 1.807) is 12.1 Å². The van der Waals surface area contributed by atoms with E-state index in [1.165, 1.54) is 0 Å². The van der Waals surface area contributed by atoms with Gasteiger partial charge in [-0.2, -0.15) is 4.91 Å². The molecule has 0 aromatic heterocycles. The van der Waals surface area contributed by atoms with Crippen molar-refractivity contribution in [3.8, 4) is 0 Å². The maximum atomic E-state index is 7.89. The maximum Gasteiger partial charge on any atom is 0.111 e. The molecule has 0 saturated carbocycles. The third kappa shape index (κ3) is 2.40. The third-order valence-corrected chi connectivity index (χ3v) is 1.27. The maximum absolute atomic E-state index is 7.89. The first-order chi connectivity index (χ1) is 5.83. The highest BCUT2D eigenvalue weighted by Gasteiger charge is 1.88. The predicted octanol–water partition coefficient (Wildman–Crippen LogP) is 3.30. The molecule has 5 heteroatoms. The number of nitrogens with zero attached hydrogens (tertiary/aromatic N) is 5. The average molecular weight is 161 g/mol. The Morgan fingerprint density at radius 3 is 2.50 bits per heavy atom. The highest BCUT2D eigenvalue weighted by molar-refractivity contribution is 5.37. The molecule has 1 rings (SSSR count). The molecule has 0 spiro atoms. The summed E-state index contributed by atoms with van der Waals surface area (Å²) in [6.45, 7) is 1.98. The summed E-state index contributed by atoms with van der Waals surface area (Å²) in [6, 6.07) is 7.41. The third-order valence-electron chi connectivity index (χ3n) is 1.27. The van der Waals surface area contributed by atoms with E-state index < -0.39 is 0 Å². The number of aryl methyl sites for hydroxylation is 1. The SMILES string of the molecule is Cc1ccc(N=NN=[N+]=[N-])cc1. The fraction of sp³-hybridized carbons (Fsp3) is 0.143. The normalized spacial score (nSPS) is 9.75. The van der Waals surface area contributed by atoms with E-state index in [2.05, 4.69) is 20.5 Å². The smallest absolute Gasteiger partial charge is 0.111 e. The van der Waals surface area contributed by atoms with Crippen molar-refractivity contribution in [2.75, 3.05) is 0 Å². The van der Waals surface area contributed by atoms with Crippen molar-refractivity contribution in [2.24, 2.45) is 15.6 Å². The first kappa shape index (κ1) is 8.23. The van der Waals surface area contributed by atoms with Crippen LogP contribution in [0.1, 0.15) is 5.56 Å². The van der Waals surface area contributed by atoms with Crippen LogP contribution in [-0.4, -0.2) is 0 Å². The highest BCUT2D eigenvalue weighted by atomic mass is 15.5. The molecular weight excluding hydrogens is 154 g/mol. The molecule has 0 saturated heterocycles. The molecule has 0 aliphatic heterocycles. The Morgan fingerprint density at radius 1 is 1.25 bits per heavy atom. The zero-order chi connectivity index (χ0) is 8.81. The van der Waals surface area contributed by atoms with Crippen LogP contribution in [0.2, 0.25) is 0 Å². The van der Waals surface area contributed by atoms with Crippen LogP contribution < -0.4 is 0 Å². The molecule has 0 bridgehead atoms. The summed E-state index contributed by atoms with van der Waals surface area (Å²) in [7, 11) is 0. The highest BCUT2D eigenvalue weighted by Crippen LogP contribution is 2.12. The second-order valence-electron chi connectivity index (χ2n) is 2.20. The van der Waals surface area contributed by atoms with E-state index in [0.717, 1.165) is 5.56 Å². The largest absolute Gasteiger partial charge is 0.163 e. The van der Waals surface area contributed by atoms with Crippen LogP contribution in [0.5, 0.6) is 0 Å². The van der Waals surface area contributed by atoms with Gasteiger partial charge in [0.15, 0.2) is 0 Å². The molecule has 0 unspecified atom stereocenters. The lowest BCUT2D eigenvalue weighted by atomic mass is 10.2. The van der Waals surface area contributed by atoms with Crippen LogP contribution in [-0.2, 0) is 0 Å². The van der Waals surface area contributed by atoms with Gasteiger partial charge in [0.25, 0.3) is 0 Å². The van der Waals surface area contributed by atoms with Crippen LogP contribution in [0, 0.1) is 6.92 Å². The van der Waals surface area contributed by atoms with Crippen molar-refractivity contribution < 1.29 is 0 Å². The van der Waals surface area contributed by atoms with Crippen LogP contribution >= 0.6 is 0 Å². The molecule has 5 nitrogen and oxygen atoms in total. The van der Waals surface area contributed by atoms with E-state index in [0.29, 0.717) is 5.69 Å². The van der Waals surface area contributed by atoms with Gasteiger partial charge in [-0.25, -0.2) is 0 Å². The summed E-state index contributed by atoms with van der Waals surface area (Å²) >= 11 is 0. The second kappa shape index (κ2) is 4.10. The van der Waals surface area contributed by atoms with Crippen molar-refractivity contribution in [3.05, 3.63) is 40.3 Å². The van der Waals surface area contributed by atoms with Gasteiger partial charge in [0.1, 0.15) is 10.9 Å². The number of benzene rings is 1. The Balaban J connectivity index is 2.77. The lowest BCUT2D eigenvalue weighted by Gasteiger charge is -1.88. The van der Waals surface area contributed by atoms with Crippen molar-refractivity contribution >= 4 is 5.69 Å². The quantitative estimate of drug-likeness (QED) is 0.276. The molecule has 0 amide bonds. The summed E-state index contributed by atoms with van der Waals surface area (Å²) < 4.78 is 0. The van der Waals surface area contributed by atoms with Gasteiger partial charge in [0.05, 0.1) is 5.22 Å². The van der Waals surface area contributed by atoms with Crippen LogP contribution in [0.25, 0.3) is 10.4 Å². The van der Waals surface area contributed by atoms with Gasteiger partial charge in [-0.3, -0.25) is 0 Å².